The van der Waals surface area contributed by atoms with Gasteiger partial charge in [-0.05, 0) is 26.2 Å². The highest BCUT2D eigenvalue weighted by atomic mass is 32.1. The molecule has 108 valence electrons. The van der Waals surface area contributed by atoms with Crippen molar-refractivity contribution in [1.29, 1.82) is 0 Å². The number of hydrogen-bond acceptors (Lipinski definition) is 4. The monoisotopic (exact) mass is 281 g/mol. The van der Waals surface area contributed by atoms with Crippen LogP contribution >= 0.6 is 11.3 Å². The number of anilines is 1. The van der Waals surface area contributed by atoms with Gasteiger partial charge in [-0.15, -0.1) is 11.3 Å². The molecule has 0 aliphatic heterocycles. The lowest BCUT2D eigenvalue weighted by molar-refractivity contribution is 0.591. The minimum absolute atomic E-state index is 0.532. The summed E-state index contributed by atoms with van der Waals surface area (Å²) in [5.74, 6) is 0. The number of hydrogen-bond donors (Lipinski definition) is 1. The molecule has 2 rings (SSSR count). The summed E-state index contributed by atoms with van der Waals surface area (Å²) in [5, 5.41) is 4.74. The fraction of sp³-hybridized carbons (Fsp3) is 0.800. The molecular formula is C15H27N3S. The van der Waals surface area contributed by atoms with Gasteiger partial charge in [0.25, 0.3) is 0 Å². The van der Waals surface area contributed by atoms with Gasteiger partial charge in [0, 0.05) is 30.1 Å². The third-order valence-electron chi connectivity index (χ3n) is 3.54. The third kappa shape index (κ3) is 4.18. The van der Waals surface area contributed by atoms with E-state index in [4.69, 9.17) is 4.98 Å². The molecule has 1 N–H and O–H groups in total. The van der Waals surface area contributed by atoms with E-state index in [1.54, 1.807) is 0 Å². The van der Waals surface area contributed by atoms with Crippen molar-refractivity contribution in [2.75, 3.05) is 11.4 Å². The molecular weight excluding hydrogens is 254 g/mol. The Balaban J connectivity index is 2.03. The molecule has 0 unspecified atom stereocenters. The van der Waals surface area contributed by atoms with Crippen molar-refractivity contribution < 1.29 is 0 Å². The summed E-state index contributed by atoms with van der Waals surface area (Å²) in [7, 11) is 0. The first-order valence-electron chi connectivity index (χ1n) is 7.58. The van der Waals surface area contributed by atoms with E-state index in [0.29, 0.717) is 6.04 Å². The normalized spacial score (nSPS) is 15.2. The highest BCUT2D eigenvalue weighted by molar-refractivity contribution is 7.15. The highest BCUT2D eigenvalue weighted by Gasteiger charge is 2.30. The molecule has 4 heteroatoms. The quantitative estimate of drug-likeness (QED) is 0.787. The zero-order chi connectivity index (χ0) is 13.8. The van der Waals surface area contributed by atoms with Crippen LogP contribution in [0.5, 0.6) is 0 Å². The molecule has 3 nitrogen and oxygen atoms in total. The van der Waals surface area contributed by atoms with E-state index in [-0.39, 0.29) is 0 Å². The molecule has 1 heterocycles. The van der Waals surface area contributed by atoms with Crippen LogP contribution < -0.4 is 10.2 Å². The van der Waals surface area contributed by atoms with E-state index in [2.05, 4.69) is 37.9 Å². The number of nitrogens with zero attached hydrogens (tertiary/aromatic N) is 2. The second kappa shape index (κ2) is 6.71. The van der Waals surface area contributed by atoms with Crippen LogP contribution in [-0.2, 0) is 6.54 Å². The summed E-state index contributed by atoms with van der Waals surface area (Å²) in [4.78, 5) is 8.74. The molecule has 0 atom stereocenters. The van der Waals surface area contributed by atoms with Crippen molar-refractivity contribution in [3.05, 3.63) is 10.6 Å². The first-order valence-corrected chi connectivity index (χ1v) is 8.39. The molecule has 1 fully saturated rings. The Bertz CT molecular complexity index is 396. The van der Waals surface area contributed by atoms with Crippen molar-refractivity contribution >= 4 is 16.5 Å². The van der Waals surface area contributed by atoms with Crippen LogP contribution in [0.15, 0.2) is 0 Å². The number of unbranched alkanes of at least 4 members (excludes halogenated alkanes) is 1. The molecule has 1 saturated carbocycles. The molecule has 0 bridgehead atoms. The van der Waals surface area contributed by atoms with Crippen molar-refractivity contribution in [1.82, 2.24) is 10.3 Å². The van der Waals surface area contributed by atoms with Gasteiger partial charge in [-0.3, -0.25) is 0 Å². The van der Waals surface area contributed by atoms with Crippen LogP contribution in [0.4, 0.5) is 5.13 Å². The lowest BCUT2D eigenvalue weighted by Crippen LogP contribution is -2.26. The van der Waals surface area contributed by atoms with Gasteiger partial charge in [0.1, 0.15) is 0 Å². The number of aromatic nitrogens is 1. The van der Waals surface area contributed by atoms with Crippen LogP contribution in [0, 0.1) is 6.92 Å². The molecule has 0 spiro atoms. The molecule has 1 aliphatic rings. The molecule has 0 radical (unpaired) electrons. The van der Waals surface area contributed by atoms with Crippen LogP contribution in [0.25, 0.3) is 0 Å². The molecule has 0 saturated heterocycles. The topological polar surface area (TPSA) is 28.2 Å². The number of nitrogens with one attached hydrogen (secondary N) is 1. The second-order valence-electron chi connectivity index (χ2n) is 5.82. The van der Waals surface area contributed by atoms with E-state index in [1.807, 2.05) is 11.3 Å². The first-order chi connectivity index (χ1) is 9.11. The van der Waals surface area contributed by atoms with Gasteiger partial charge in [-0.2, -0.15) is 0 Å². The van der Waals surface area contributed by atoms with Crippen molar-refractivity contribution in [2.45, 2.75) is 72.0 Å². The van der Waals surface area contributed by atoms with Gasteiger partial charge in [0.2, 0.25) is 0 Å². The zero-order valence-corrected chi connectivity index (χ0v) is 13.5. The molecule has 0 amide bonds. The van der Waals surface area contributed by atoms with Crippen molar-refractivity contribution in [3.8, 4) is 0 Å². The van der Waals surface area contributed by atoms with E-state index < -0.39 is 0 Å². The lowest BCUT2D eigenvalue weighted by atomic mass is 10.3. The summed E-state index contributed by atoms with van der Waals surface area (Å²) in [6, 6.07) is 1.30. The second-order valence-corrected chi connectivity index (χ2v) is 6.88. The van der Waals surface area contributed by atoms with Crippen LogP contribution in [0.2, 0.25) is 0 Å². The number of aryl methyl sites for hydroxylation is 1. The first kappa shape index (κ1) is 14.8. The minimum Gasteiger partial charge on any atom is -0.345 e. The van der Waals surface area contributed by atoms with Crippen molar-refractivity contribution in [2.24, 2.45) is 0 Å². The fourth-order valence-corrected chi connectivity index (χ4v) is 3.25. The third-order valence-corrected chi connectivity index (χ3v) is 4.73. The smallest absolute Gasteiger partial charge is 0.186 e. The Labute approximate surface area is 121 Å². The molecule has 0 aromatic carbocycles. The average Bonchev–Trinajstić information content (AvgIpc) is 3.12. The van der Waals surface area contributed by atoms with Crippen LogP contribution in [-0.4, -0.2) is 23.6 Å². The summed E-state index contributed by atoms with van der Waals surface area (Å²) in [6.07, 6.45) is 5.23. The maximum Gasteiger partial charge on any atom is 0.186 e. The van der Waals surface area contributed by atoms with Crippen LogP contribution in [0.3, 0.4) is 0 Å². The SMILES string of the molecule is CCCCN(c1nc(C)c(CNC(C)C)s1)C1CC1. The standard InChI is InChI=1S/C15H27N3S/c1-5-6-9-18(13-7-8-13)15-17-12(4)14(19-15)10-16-11(2)3/h11,13,16H,5-10H2,1-4H3. The largest absolute Gasteiger partial charge is 0.345 e. The Hall–Kier alpha value is -0.610. The maximum absolute atomic E-state index is 4.81. The van der Waals surface area contributed by atoms with Gasteiger partial charge in [-0.25, -0.2) is 4.98 Å². The predicted molar refractivity (Wildman–Crippen MR) is 84.1 cm³/mol. The number of thiazole rings is 1. The van der Waals surface area contributed by atoms with Gasteiger partial charge in [0.05, 0.1) is 5.69 Å². The fourth-order valence-electron chi connectivity index (χ4n) is 2.15. The molecule has 1 aliphatic carbocycles. The van der Waals surface area contributed by atoms with E-state index >= 15 is 0 Å². The minimum atomic E-state index is 0.532. The Morgan fingerprint density at radius 1 is 1.42 bits per heavy atom. The van der Waals surface area contributed by atoms with Crippen molar-refractivity contribution in [3.63, 3.8) is 0 Å². The zero-order valence-electron chi connectivity index (χ0n) is 12.7. The van der Waals surface area contributed by atoms with Gasteiger partial charge < -0.3 is 10.2 Å². The van der Waals surface area contributed by atoms with E-state index in [1.165, 1.54) is 47.9 Å². The van der Waals surface area contributed by atoms with Gasteiger partial charge in [-0.1, -0.05) is 27.2 Å². The number of rotatable bonds is 8. The summed E-state index contributed by atoms with van der Waals surface area (Å²) < 4.78 is 0. The summed E-state index contributed by atoms with van der Waals surface area (Å²) in [5.41, 5.74) is 1.20. The summed E-state index contributed by atoms with van der Waals surface area (Å²) >= 11 is 1.88. The maximum atomic E-state index is 4.81. The molecule has 1 aromatic rings. The Morgan fingerprint density at radius 2 is 2.16 bits per heavy atom. The summed E-state index contributed by atoms with van der Waals surface area (Å²) in [6.45, 7) is 10.9. The Morgan fingerprint density at radius 3 is 2.74 bits per heavy atom. The lowest BCUT2D eigenvalue weighted by Gasteiger charge is -2.20. The molecule has 19 heavy (non-hydrogen) atoms. The average molecular weight is 281 g/mol. The predicted octanol–water partition coefficient (Wildman–Crippen LogP) is 3.72. The van der Waals surface area contributed by atoms with Gasteiger partial charge in [0.15, 0.2) is 5.13 Å². The van der Waals surface area contributed by atoms with E-state index in [9.17, 15) is 0 Å². The Kier molecular flexibility index (Phi) is 5.22. The van der Waals surface area contributed by atoms with Gasteiger partial charge >= 0.3 is 0 Å². The highest BCUT2D eigenvalue weighted by Crippen LogP contribution is 2.35. The van der Waals surface area contributed by atoms with Crippen LogP contribution in [0.1, 0.15) is 57.0 Å². The molecule has 1 aromatic heterocycles. The van der Waals surface area contributed by atoms with E-state index in [0.717, 1.165) is 12.6 Å².